The van der Waals surface area contributed by atoms with E-state index in [1.807, 2.05) is 0 Å². The van der Waals surface area contributed by atoms with Gasteiger partial charge in [-0.05, 0) is 0 Å². The maximum atomic E-state index is 5.09. The van der Waals surface area contributed by atoms with Crippen molar-refractivity contribution in [2.45, 2.75) is 0 Å². The minimum atomic E-state index is 0.645. The van der Waals surface area contributed by atoms with E-state index in [0.717, 1.165) is 0 Å². The standard InChI is InChI=1S/C10H12O3/c1-4-13-10-6-8(11-2)5-9(7-10)12-3/h4-7H,1H2,2-3H3. The van der Waals surface area contributed by atoms with Gasteiger partial charge >= 0.3 is 0 Å². The first kappa shape index (κ1) is 9.45. The molecule has 0 bridgehead atoms. The van der Waals surface area contributed by atoms with Gasteiger partial charge < -0.3 is 14.2 Å². The molecule has 0 spiro atoms. The Morgan fingerprint density at radius 1 is 1.00 bits per heavy atom. The van der Waals surface area contributed by atoms with Gasteiger partial charge in [0.2, 0.25) is 0 Å². The monoisotopic (exact) mass is 180 g/mol. The van der Waals surface area contributed by atoms with Gasteiger partial charge in [-0.2, -0.15) is 0 Å². The molecule has 70 valence electrons. The molecule has 0 radical (unpaired) electrons. The van der Waals surface area contributed by atoms with Crippen LogP contribution in [0.3, 0.4) is 0 Å². The van der Waals surface area contributed by atoms with Crippen molar-refractivity contribution >= 4 is 0 Å². The van der Waals surface area contributed by atoms with Crippen molar-refractivity contribution in [1.29, 1.82) is 0 Å². The first-order valence-corrected chi connectivity index (χ1v) is 3.80. The predicted molar refractivity (Wildman–Crippen MR) is 50.4 cm³/mol. The summed E-state index contributed by atoms with van der Waals surface area (Å²) in [5.74, 6) is 2.03. The molecule has 0 saturated carbocycles. The third kappa shape index (κ3) is 2.40. The van der Waals surface area contributed by atoms with Crippen molar-refractivity contribution in [3.8, 4) is 17.2 Å². The van der Waals surface area contributed by atoms with E-state index in [9.17, 15) is 0 Å². The summed E-state index contributed by atoms with van der Waals surface area (Å²) in [6.45, 7) is 3.46. The smallest absolute Gasteiger partial charge is 0.133 e. The maximum Gasteiger partial charge on any atom is 0.133 e. The van der Waals surface area contributed by atoms with Crippen LogP contribution in [0, 0.1) is 0 Å². The summed E-state index contributed by atoms with van der Waals surface area (Å²) in [6.07, 6.45) is 1.36. The molecule has 0 N–H and O–H groups in total. The summed E-state index contributed by atoms with van der Waals surface area (Å²) >= 11 is 0. The highest BCUT2D eigenvalue weighted by molar-refractivity contribution is 5.42. The van der Waals surface area contributed by atoms with E-state index >= 15 is 0 Å². The third-order valence-electron chi connectivity index (χ3n) is 1.54. The second-order valence-corrected chi connectivity index (χ2v) is 2.33. The lowest BCUT2D eigenvalue weighted by Gasteiger charge is -2.06. The lowest BCUT2D eigenvalue weighted by molar-refractivity contribution is 0.386. The Hall–Kier alpha value is -1.64. The van der Waals surface area contributed by atoms with E-state index in [4.69, 9.17) is 14.2 Å². The van der Waals surface area contributed by atoms with Crippen LogP contribution in [0.1, 0.15) is 0 Å². The van der Waals surface area contributed by atoms with Gasteiger partial charge in [-0.15, -0.1) is 0 Å². The zero-order chi connectivity index (χ0) is 9.68. The summed E-state index contributed by atoms with van der Waals surface area (Å²) < 4.78 is 15.2. The third-order valence-corrected chi connectivity index (χ3v) is 1.54. The van der Waals surface area contributed by atoms with Crippen LogP contribution >= 0.6 is 0 Å². The average Bonchev–Trinajstić information content (AvgIpc) is 2.17. The molecule has 0 amide bonds. The van der Waals surface area contributed by atoms with E-state index in [0.29, 0.717) is 17.2 Å². The van der Waals surface area contributed by atoms with Gasteiger partial charge in [0.15, 0.2) is 0 Å². The van der Waals surface area contributed by atoms with Crippen LogP contribution in [0.25, 0.3) is 0 Å². The molecule has 13 heavy (non-hydrogen) atoms. The summed E-state index contributed by atoms with van der Waals surface area (Å²) in [4.78, 5) is 0. The Morgan fingerprint density at radius 2 is 1.46 bits per heavy atom. The van der Waals surface area contributed by atoms with Crippen molar-refractivity contribution < 1.29 is 14.2 Å². The Bertz CT molecular complexity index is 272. The van der Waals surface area contributed by atoms with Crippen LogP contribution in [-0.4, -0.2) is 14.2 Å². The maximum absolute atomic E-state index is 5.09. The van der Waals surface area contributed by atoms with Gasteiger partial charge in [0, 0.05) is 18.2 Å². The molecule has 0 atom stereocenters. The van der Waals surface area contributed by atoms with Crippen LogP contribution < -0.4 is 14.2 Å². The van der Waals surface area contributed by atoms with Crippen molar-refractivity contribution in [2.75, 3.05) is 14.2 Å². The summed E-state index contributed by atoms with van der Waals surface area (Å²) in [5, 5.41) is 0. The van der Waals surface area contributed by atoms with Crippen LogP contribution in [0.5, 0.6) is 17.2 Å². The van der Waals surface area contributed by atoms with Gasteiger partial charge in [0.1, 0.15) is 17.2 Å². The molecule has 0 aromatic heterocycles. The molecule has 0 aliphatic rings. The molecular weight excluding hydrogens is 168 g/mol. The van der Waals surface area contributed by atoms with E-state index in [-0.39, 0.29) is 0 Å². The zero-order valence-corrected chi connectivity index (χ0v) is 7.74. The number of methoxy groups -OCH3 is 2. The number of hydrogen-bond acceptors (Lipinski definition) is 3. The highest BCUT2D eigenvalue weighted by atomic mass is 16.5. The first-order chi connectivity index (χ1) is 6.30. The quantitative estimate of drug-likeness (QED) is 0.665. The number of rotatable bonds is 4. The lowest BCUT2D eigenvalue weighted by atomic mass is 10.3. The predicted octanol–water partition coefficient (Wildman–Crippen LogP) is 2.23. The molecule has 1 aromatic rings. The molecule has 0 aliphatic carbocycles. The van der Waals surface area contributed by atoms with Gasteiger partial charge in [-0.1, -0.05) is 6.58 Å². The summed E-state index contributed by atoms with van der Waals surface area (Å²) in [6, 6.07) is 5.28. The summed E-state index contributed by atoms with van der Waals surface area (Å²) in [7, 11) is 3.18. The van der Waals surface area contributed by atoms with Crippen molar-refractivity contribution in [2.24, 2.45) is 0 Å². The molecule has 0 fully saturated rings. The SMILES string of the molecule is C=COc1cc(OC)cc(OC)c1. The number of ether oxygens (including phenoxy) is 3. The Morgan fingerprint density at radius 3 is 1.85 bits per heavy atom. The molecule has 1 rings (SSSR count). The Balaban J connectivity index is 2.99. The molecule has 3 heteroatoms. The van der Waals surface area contributed by atoms with Gasteiger partial charge in [0.05, 0.1) is 20.5 Å². The Labute approximate surface area is 77.5 Å². The topological polar surface area (TPSA) is 27.7 Å². The number of hydrogen-bond donors (Lipinski definition) is 0. The summed E-state index contributed by atoms with van der Waals surface area (Å²) in [5.41, 5.74) is 0. The minimum Gasteiger partial charge on any atom is -0.496 e. The van der Waals surface area contributed by atoms with E-state index in [2.05, 4.69) is 6.58 Å². The van der Waals surface area contributed by atoms with Crippen LogP contribution in [0.4, 0.5) is 0 Å². The fraction of sp³-hybridized carbons (Fsp3) is 0.200. The molecule has 3 nitrogen and oxygen atoms in total. The molecule has 1 aromatic carbocycles. The van der Waals surface area contributed by atoms with Gasteiger partial charge in [-0.25, -0.2) is 0 Å². The normalized spacial score (nSPS) is 9.08. The molecular formula is C10H12O3. The van der Waals surface area contributed by atoms with Crippen molar-refractivity contribution in [3.05, 3.63) is 31.0 Å². The van der Waals surface area contributed by atoms with Gasteiger partial charge in [-0.3, -0.25) is 0 Å². The molecule has 0 heterocycles. The molecule has 0 saturated heterocycles. The Kier molecular flexibility index (Phi) is 3.20. The zero-order valence-electron chi connectivity index (χ0n) is 7.74. The van der Waals surface area contributed by atoms with Crippen LogP contribution in [0.15, 0.2) is 31.0 Å². The fourth-order valence-corrected chi connectivity index (χ4v) is 0.946. The highest BCUT2D eigenvalue weighted by Gasteiger charge is 2.00. The highest BCUT2D eigenvalue weighted by Crippen LogP contribution is 2.27. The van der Waals surface area contributed by atoms with E-state index in [1.165, 1.54) is 6.26 Å². The molecule has 0 aliphatic heterocycles. The largest absolute Gasteiger partial charge is 0.496 e. The van der Waals surface area contributed by atoms with Crippen LogP contribution in [-0.2, 0) is 0 Å². The average molecular weight is 180 g/mol. The second-order valence-electron chi connectivity index (χ2n) is 2.33. The second kappa shape index (κ2) is 4.40. The van der Waals surface area contributed by atoms with Crippen molar-refractivity contribution in [3.63, 3.8) is 0 Å². The minimum absolute atomic E-state index is 0.645. The van der Waals surface area contributed by atoms with Crippen molar-refractivity contribution in [1.82, 2.24) is 0 Å². The number of benzene rings is 1. The van der Waals surface area contributed by atoms with Crippen LogP contribution in [0.2, 0.25) is 0 Å². The van der Waals surface area contributed by atoms with E-state index in [1.54, 1.807) is 32.4 Å². The molecule has 0 unspecified atom stereocenters. The first-order valence-electron chi connectivity index (χ1n) is 3.80. The fourth-order valence-electron chi connectivity index (χ4n) is 0.946. The van der Waals surface area contributed by atoms with Gasteiger partial charge in [0.25, 0.3) is 0 Å². The van der Waals surface area contributed by atoms with E-state index < -0.39 is 0 Å². The lowest BCUT2D eigenvalue weighted by Crippen LogP contribution is -1.89.